The summed E-state index contributed by atoms with van der Waals surface area (Å²) in [6, 6.07) is 16.7. The molecule has 3 aromatic carbocycles. The van der Waals surface area contributed by atoms with Crippen LogP contribution in [0.15, 0.2) is 54.6 Å². The zero-order valence-electron chi connectivity index (χ0n) is 34.6. The van der Waals surface area contributed by atoms with Crippen LogP contribution < -0.4 is 19.5 Å². The van der Waals surface area contributed by atoms with Crippen LogP contribution in [0.2, 0.25) is 0 Å². The Morgan fingerprint density at radius 3 is 2.31 bits per heavy atom. The summed E-state index contributed by atoms with van der Waals surface area (Å²) in [6.07, 6.45) is 5.63. The Labute approximate surface area is 345 Å². The lowest BCUT2D eigenvalue weighted by Gasteiger charge is -2.38. The molecule has 11 heteroatoms. The lowest BCUT2D eigenvalue weighted by Crippen LogP contribution is -2.52. The standard InChI is InChI=1S/C48H50N4O7/c1-48(2,3)32-25-31(22-29-23-39(57-4)44(59-6)40(24-29)58-5)43-35(26-32)42(34-11-7-8-13-37(34)49-43)47(56)51-20-18-28(19-21-51)14-15-30-10-9-12-33-36(30)27-52(46(33)55)38-16-17-41(53)50-45(38)54/h7-13,22-24,28,32,38H,16-21,25-27H2,1-6H3,(H,50,53,54). The van der Waals surface area contributed by atoms with Crippen molar-refractivity contribution in [2.75, 3.05) is 34.4 Å². The summed E-state index contributed by atoms with van der Waals surface area (Å²) in [6.45, 7) is 8.19. The van der Waals surface area contributed by atoms with E-state index in [1.807, 2.05) is 53.4 Å². The van der Waals surface area contributed by atoms with Gasteiger partial charge in [-0.1, -0.05) is 56.9 Å². The van der Waals surface area contributed by atoms with Crippen molar-refractivity contribution in [1.29, 1.82) is 0 Å². The quantitative estimate of drug-likeness (QED) is 0.162. The number of amides is 4. The van der Waals surface area contributed by atoms with Crippen molar-refractivity contribution in [3.8, 4) is 29.1 Å². The van der Waals surface area contributed by atoms with E-state index in [1.54, 1.807) is 32.3 Å². The minimum absolute atomic E-state index is 0.0147. The number of hydrogen-bond donors (Lipinski definition) is 1. The van der Waals surface area contributed by atoms with E-state index in [9.17, 15) is 19.2 Å². The molecule has 2 fully saturated rings. The first-order valence-corrected chi connectivity index (χ1v) is 20.4. The molecule has 1 aromatic heterocycles. The van der Waals surface area contributed by atoms with Crippen molar-refractivity contribution in [2.45, 2.75) is 71.9 Å². The number of para-hydroxylation sites is 1. The number of rotatable bonds is 6. The predicted octanol–water partition coefficient (Wildman–Crippen LogP) is 7.07. The fraction of sp³-hybridized carbons (Fsp3) is 0.396. The van der Waals surface area contributed by atoms with Gasteiger partial charge in [0.1, 0.15) is 6.04 Å². The number of carbonyl (C=O) groups excluding carboxylic acids is 4. The second-order valence-corrected chi connectivity index (χ2v) is 17.0. The number of methoxy groups -OCH3 is 3. The third kappa shape index (κ3) is 7.53. The second kappa shape index (κ2) is 15.9. The number of nitrogens with one attached hydrogen (secondary N) is 1. The summed E-state index contributed by atoms with van der Waals surface area (Å²) in [5.41, 5.74) is 7.38. The molecule has 0 spiro atoms. The Bertz CT molecular complexity index is 2460. The Kier molecular flexibility index (Phi) is 10.7. The Hall–Kier alpha value is -6.15. The third-order valence-corrected chi connectivity index (χ3v) is 12.5. The molecule has 0 saturated carbocycles. The van der Waals surface area contributed by atoms with E-state index in [0.29, 0.717) is 42.3 Å². The van der Waals surface area contributed by atoms with Gasteiger partial charge in [0.15, 0.2) is 11.5 Å². The smallest absolute Gasteiger partial charge is 0.255 e. The summed E-state index contributed by atoms with van der Waals surface area (Å²) < 4.78 is 17.0. The van der Waals surface area contributed by atoms with Gasteiger partial charge >= 0.3 is 0 Å². The van der Waals surface area contributed by atoms with Crippen molar-refractivity contribution in [1.82, 2.24) is 20.1 Å². The number of nitrogens with zero attached hydrogens (tertiary/aromatic N) is 3. The van der Waals surface area contributed by atoms with Crippen LogP contribution in [0.4, 0.5) is 0 Å². The number of pyridine rings is 1. The molecule has 3 aliphatic heterocycles. The lowest BCUT2D eigenvalue weighted by atomic mass is 9.68. The molecule has 2 atom stereocenters. The number of imide groups is 1. The van der Waals surface area contributed by atoms with Crippen LogP contribution in [0.25, 0.3) is 22.6 Å². The van der Waals surface area contributed by atoms with Gasteiger partial charge in [0.05, 0.1) is 38.1 Å². The number of carbonyl (C=O) groups is 4. The van der Waals surface area contributed by atoms with E-state index in [2.05, 4.69) is 44.0 Å². The molecular formula is C48H50N4O7. The minimum atomic E-state index is -0.679. The molecule has 2 saturated heterocycles. The average molecular weight is 795 g/mol. The van der Waals surface area contributed by atoms with Gasteiger partial charge in [-0.25, -0.2) is 4.98 Å². The summed E-state index contributed by atoms with van der Waals surface area (Å²) in [5.74, 6) is 7.86. The number of aromatic nitrogens is 1. The molecule has 1 aliphatic carbocycles. The first-order chi connectivity index (χ1) is 28.4. The Balaban J connectivity index is 1.07. The van der Waals surface area contributed by atoms with E-state index in [-0.39, 0.29) is 47.9 Å². The largest absolute Gasteiger partial charge is 0.493 e. The molecular weight excluding hydrogens is 745 g/mol. The topological polar surface area (TPSA) is 127 Å². The maximum absolute atomic E-state index is 14.9. The van der Waals surface area contributed by atoms with Gasteiger partial charge in [0.2, 0.25) is 17.6 Å². The number of piperidine rings is 2. The van der Waals surface area contributed by atoms with Gasteiger partial charge in [-0.15, -0.1) is 0 Å². The minimum Gasteiger partial charge on any atom is -0.493 e. The average Bonchev–Trinajstić information content (AvgIpc) is 3.57. The molecule has 59 heavy (non-hydrogen) atoms. The normalized spacial score (nSPS) is 20.2. The Morgan fingerprint density at radius 1 is 0.898 bits per heavy atom. The van der Waals surface area contributed by atoms with Crippen LogP contribution in [-0.2, 0) is 22.6 Å². The van der Waals surface area contributed by atoms with Gasteiger partial charge in [-0.05, 0) is 102 Å². The van der Waals surface area contributed by atoms with Crippen LogP contribution in [0.1, 0.15) is 102 Å². The van der Waals surface area contributed by atoms with Gasteiger partial charge in [-0.3, -0.25) is 24.5 Å². The maximum Gasteiger partial charge on any atom is 0.255 e. The zero-order valence-corrected chi connectivity index (χ0v) is 34.6. The molecule has 4 aromatic rings. The first-order valence-electron chi connectivity index (χ1n) is 20.4. The molecule has 11 nitrogen and oxygen atoms in total. The molecule has 4 aliphatic rings. The number of hydrogen-bond acceptors (Lipinski definition) is 8. The molecule has 2 unspecified atom stereocenters. The monoisotopic (exact) mass is 794 g/mol. The fourth-order valence-electron chi connectivity index (χ4n) is 9.03. The second-order valence-electron chi connectivity index (χ2n) is 17.0. The number of allylic oxidation sites excluding steroid dienone is 1. The predicted molar refractivity (Wildman–Crippen MR) is 225 cm³/mol. The van der Waals surface area contributed by atoms with Gasteiger partial charge < -0.3 is 24.0 Å². The maximum atomic E-state index is 14.9. The molecule has 0 bridgehead atoms. The fourth-order valence-corrected chi connectivity index (χ4v) is 9.03. The molecule has 0 radical (unpaired) electrons. The van der Waals surface area contributed by atoms with Gasteiger partial charge in [0, 0.05) is 48.5 Å². The van der Waals surface area contributed by atoms with E-state index < -0.39 is 11.9 Å². The number of likely N-dealkylation sites (tertiary alicyclic amines) is 1. The third-order valence-electron chi connectivity index (χ3n) is 12.5. The van der Waals surface area contributed by atoms with Crippen molar-refractivity contribution in [3.63, 3.8) is 0 Å². The van der Waals surface area contributed by atoms with Gasteiger partial charge in [0.25, 0.3) is 11.8 Å². The Morgan fingerprint density at radius 2 is 1.63 bits per heavy atom. The van der Waals surface area contributed by atoms with E-state index in [0.717, 1.165) is 75.7 Å². The van der Waals surface area contributed by atoms with Gasteiger partial charge in [-0.2, -0.15) is 0 Å². The van der Waals surface area contributed by atoms with Crippen LogP contribution in [-0.4, -0.2) is 78.9 Å². The number of fused-ring (bicyclic) bond motifs is 3. The van der Waals surface area contributed by atoms with Crippen LogP contribution in [0.5, 0.6) is 17.2 Å². The van der Waals surface area contributed by atoms with Crippen LogP contribution in [0, 0.1) is 29.1 Å². The number of benzene rings is 3. The van der Waals surface area contributed by atoms with Crippen molar-refractivity contribution in [2.24, 2.45) is 17.3 Å². The lowest BCUT2D eigenvalue weighted by molar-refractivity contribution is -0.136. The number of ether oxygens (including phenoxy) is 3. The van der Waals surface area contributed by atoms with Crippen LogP contribution in [0.3, 0.4) is 0 Å². The summed E-state index contributed by atoms with van der Waals surface area (Å²) in [4.78, 5) is 61.4. The van der Waals surface area contributed by atoms with E-state index in [4.69, 9.17) is 19.2 Å². The summed E-state index contributed by atoms with van der Waals surface area (Å²) in [5, 5.41) is 3.23. The van der Waals surface area contributed by atoms with E-state index >= 15 is 0 Å². The highest BCUT2D eigenvalue weighted by Gasteiger charge is 2.40. The SMILES string of the molecule is COc1cc(C=C2CC(C(C)(C)C)Cc3c2nc2ccccc2c3C(=O)N2CCC(C#Cc3cccc4c3CN(C3CCC(=O)NC3=O)C4=O)CC2)cc(OC)c1OC. The highest BCUT2D eigenvalue weighted by molar-refractivity contribution is 6.09. The zero-order chi connectivity index (χ0) is 41.6. The molecule has 1 N–H and O–H groups in total. The summed E-state index contributed by atoms with van der Waals surface area (Å²) in [7, 11) is 4.81. The van der Waals surface area contributed by atoms with Crippen molar-refractivity contribution < 1.29 is 33.4 Å². The molecule has 304 valence electrons. The molecule has 4 heterocycles. The molecule has 8 rings (SSSR count). The molecule has 4 amide bonds. The van der Waals surface area contributed by atoms with Crippen LogP contribution >= 0.6 is 0 Å². The highest BCUT2D eigenvalue weighted by Crippen LogP contribution is 2.46. The first kappa shape index (κ1) is 39.7. The van der Waals surface area contributed by atoms with E-state index in [1.165, 1.54) is 0 Å². The summed E-state index contributed by atoms with van der Waals surface area (Å²) >= 11 is 0. The van der Waals surface area contributed by atoms with Crippen molar-refractivity contribution in [3.05, 3.63) is 93.7 Å². The van der Waals surface area contributed by atoms with Crippen molar-refractivity contribution >= 4 is 46.2 Å². The highest BCUT2D eigenvalue weighted by atomic mass is 16.5.